The van der Waals surface area contributed by atoms with E-state index < -0.39 is 0 Å². The largest absolute Gasteiger partial charge is 0.462 e. The molecule has 0 unspecified atom stereocenters. The average Bonchev–Trinajstić information content (AvgIpc) is 3.44. The first-order chi connectivity index (χ1) is 23.6. The highest BCUT2D eigenvalue weighted by molar-refractivity contribution is 5.69. The average molecular weight is 677 g/mol. The number of hydrogen-bond donors (Lipinski definition) is 0. The van der Waals surface area contributed by atoms with Gasteiger partial charge in [-0.2, -0.15) is 0 Å². The fourth-order valence-electron chi connectivity index (χ4n) is 11.5. The number of ether oxygens (including phenoxy) is 1. The first-order valence-electron chi connectivity index (χ1n) is 21.9. The zero-order chi connectivity index (χ0) is 35.3. The van der Waals surface area contributed by atoms with Gasteiger partial charge in [0.15, 0.2) is 0 Å². The van der Waals surface area contributed by atoms with Gasteiger partial charge in [-0.15, -0.1) is 0 Å². The van der Waals surface area contributed by atoms with Crippen LogP contribution < -0.4 is 0 Å². The first-order valence-corrected chi connectivity index (χ1v) is 21.9. The second kappa shape index (κ2) is 20.1. The number of carbonyl (C=O) groups is 1. The van der Waals surface area contributed by atoms with Crippen LogP contribution >= 0.6 is 0 Å². The van der Waals surface area contributed by atoms with Gasteiger partial charge in [-0.25, -0.2) is 0 Å². The van der Waals surface area contributed by atoms with Crippen LogP contribution in [0.2, 0.25) is 0 Å². The van der Waals surface area contributed by atoms with Crippen molar-refractivity contribution in [3.63, 3.8) is 0 Å². The molecule has 0 heterocycles. The Morgan fingerprint density at radius 3 is 2.16 bits per heavy atom. The summed E-state index contributed by atoms with van der Waals surface area (Å²) in [4.78, 5) is 12.8. The lowest BCUT2D eigenvalue weighted by atomic mass is 9.47. The molecule has 0 spiro atoms. The first kappa shape index (κ1) is 40.5. The van der Waals surface area contributed by atoms with Gasteiger partial charge in [0.05, 0.1) is 0 Å². The Morgan fingerprint density at radius 1 is 0.816 bits per heavy atom. The Hall–Kier alpha value is -1.31. The molecule has 0 amide bonds. The van der Waals surface area contributed by atoms with Crippen molar-refractivity contribution < 1.29 is 9.53 Å². The van der Waals surface area contributed by atoms with E-state index in [2.05, 4.69) is 78.8 Å². The molecule has 4 aliphatic carbocycles. The quantitative estimate of drug-likeness (QED) is 0.0687. The van der Waals surface area contributed by atoms with Crippen molar-refractivity contribution in [2.45, 2.75) is 202 Å². The predicted octanol–water partition coefficient (Wildman–Crippen LogP) is 14.4. The maximum absolute atomic E-state index is 12.8. The van der Waals surface area contributed by atoms with Crippen LogP contribution in [0.25, 0.3) is 0 Å². The minimum absolute atomic E-state index is 0.0489. The van der Waals surface area contributed by atoms with Gasteiger partial charge in [0, 0.05) is 12.8 Å². The summed E-state index contributed by atoms with van der Waals surface area (Å²) in [5.41, 5.74) is 2.43. The maximum atomic E-state index is 12.8. The normalized spacial score (nSPS) is 32.6. The molecule has 0 aromatic heterocycles. The molecule has 49 heavy (non-hydrogen) atoms. The molecule has 3 saturated carbocycles. The van der Waals surface area contributed by atoms with Crippen molar-refractivity contribution >= 4 is 5.97 Å². The molecule has 0 aromatic carbocycles. The molecule has 4 rings (SSSR count). The summed E-state index contributed by atoms with van der Waals surface area (Å²) < 4.78 is 6.13. The Kier molecular flexibility index (Phi) is 16.6. The van der Waals surface area contributed by atoms with E-state index in [1.165, 1.54) is 116 Å². The third-order valence-electron chi connectivity index (χ3n) is 14.7. The second-order valence-electron chi connectivity index (χ2n) is 18.2. The molecular weight excluding hydrogens is 597 g/mol. The van der Waals surface area contributed by atoms with Crippen molar-refractivity contribution in [2.75, 3.05) is 0 Å². The fraction of sp³-hybridized carbons (Fsp3) is 0.851. The number of hydrogen-bond acceptors (Lipinski definition) is 2. The molecule has 0 radical (unpaired) electrons. The van der Waals surface area contributed by atoms with Crippen LogP contribution in [-0.4, -0.2) is 12.1 Å². The van der Waals surface area contributed by atoms with Crippen LogP contribution in [0.1, 0.15) is 196 Å². The minimum Gasteiger partial charge on any atom is -0.462 e. The molecule has 0 aromatic rings. The van der Waals surface area contributed by atoms with E-state index in [-0.39, 0.29) is 12.1 Å². The highest BCUT2D eigenvalue weighted by Gasteiger charge is 2.59. The number of carbonyl (C=O) groups excluding carboxylic acids is 1. The van der Waals surface area contributed by atoms with E-state index >= 15 is 0 Å². The van der Waals surface area contributed by atoms with Crippen LogP contribution in [0, 0.1) is 52.3 Å². The smallest absolute Gasteiger partial charge is 0.306 e. The van der Waals surface area contributed by atoms with Crippen LogP contribution in [0.15, 0.2) is 36.0 Å². The highest BCUT2D eigenvalue weighted by atomic mass is 16.5. The summed E-state index contributed by atoms with van der Waals surface area (Å²) in [6, 6.07) is 0. The van der Waals surface area contributed by atoms with Crippen LogP contribution in [0.5, 0.6) is 0 Å². The summed E-state index contributed by atoms with van der Waals surface area (Å²) >= 11 is 0. The second-order valence-corrected chi connectivity index (χ2v) is 18.2. The Balaban J connectivity index is 1.15. The molecule has 9 atom stereocenters. The van der Waals surface area contributed by atoms with Gasteiger partial charge in [-0.3, -0.25) is 4.79 Å². The monoisotopic (exact) mass is 677 g/mol. The van der Waals surface area contributed by atoms with Crippen LogP contribution in [0.4, 0.5) is 0 Å². The summed E-state index contributed by atoms with van der Waals surface area (Å²) in [6.07, 6.45) is 41.4. The van der Waals surface area contributed by atoms with Crippen molar-refractivity contribution in [1.82, 2.24) is 0 Å². The molecule has 2 nitrogen and oxygen atoms in total. The Morgan fingerprint density at radius 2 is 1.49 bits per heavy atom. The summed E-state index contributed by atoms with van der Waals surface area (Å²) in [5, 5.41) is 0. The van der Waals surface area contributed by atoms with E-state index in [0.29, 0.717) is 29.1 Å². The molecule has 280 valence electrons. The van der Waals surface area contributed by atoms with E-state index in [1.54, 1.807) is 5.57 Å². The number of fused-ring (bicyclic) bond motifs is 5. The molecule has 0 aliphatic heterocycles. The molecule has 0 saturated heterocycles. The molecule has 0 bridgehead atoms. The number of rotatable bonds is 21. The van der Waals surface area contributed by atoms with Gasteiger partial charge in [0.25, 0.3) is 0 Å². The van der Waals surface area contributed by atoms with Crippen molar-refractivity contribution in [3.8, 4) is 0 Å². The lowest BCUT2D eigenvalue weighted by Crippen LogP contribution is -2.51. The molecule has 4 aliphatic rings. The van der Waals surface area contributed by atoms with E-state index in [9.17, 15) is 4.79 Å². The maximum Gasteiger partial charge on any atom is 0.306 e. The standard InChI is InChI=1S/C47H80O2/c1-8-10-11-12-13-14-15-16-17-18-19-20-21-22-23-24-45(48)49-40-31-33-46(6)39(35-40)27-28-41-43-30-29-42(47(43,7)34-32-44(41)46)37(5)25-26-38(9-2)36(3)4/h16-17,25-27,36-38,40-44H,8-15,18-24,28-35H2,1-7H3/b17-16-,26-25+/t37-,38-,40+,41+,42-,43+,44+,46+,47-/m1/s1. The number of esters is 1. The van der Waals surface area contributed by atoms with Gasteiger partial charge in [0.2, 0.25) is 0 Å². The van der Waals surface area contributed by atoms with Crippen molar-refractivity contribution in [1.29, 1.82) is 0 Å². The van der Waals surface area contributed by atoms with Crippen LogP contribution in [0.3, 0.4) is 0 Å². The lowest BCUT2D eigenvalue weighted by molar-refractivity contribution is -0.151. The minimum atomic E-state index is 0.0489. The molecule has 0 N–H and O–H groups in total. The van der Waals surface area contributed by atoms with Crippen molar-refractivity contribution in [3.05, 3.63) is 36.0 Å². The third-order valence-corrected chi connectivity index (χ3v) is 14.7. The Bertz CT molecular complexity index is 1070. The van der Waals surface area contributed by atoms with E-state index in [1.807, 2.05) is 0 Å². The van der Waals surface area contributed by atoms with Gasteiger partial charge in [-0.1, -0.05) is 136 Å². The molecule has 3 fully saturated rings. The fourth-order valence-corrected chi connectivity index (χ4v) is 11.5. The number of allylic oxidation sites excluding steroid dienone is 5. The predicted molar refractivity (Wildman–Crippen MR) is 211 cm³/mol. The van der Waals surface area contributed by atoms with Gasteiger partial charge < -0.3 is 4.74 Å². The molecular formula is C47H80O2. The van der Waals surface area contributed by atoms with Gasteiger partial charge >= 0.3 is 5.97 Å². The zero-order valence-electron chi connectivity index (χ0n) is 33.6. The third kappa shape index (κ3) is 10.9. The van der Waals surface area contributed by atoms with E-state index in [4.69, 9.17) is 4.74 Å². The van der Waals surface area contributed by atoms with Gasteiger partial charge in [0.1, 0.15) is 6.10 Å². The van der Waals surface area contributed by atoms with E-state index in [0.717, 1.165) is 55.3 Å². The summed E-state index contributed by atoms with van der Waals surface area (Å²) in [5.74, 6) is 5.53. The SMILES string of the molecule is CCCCCCCC/C=C\CCCCCCCC(=O)O[C@H]1CC[C@@]2(C)C(=CC[C@H]3[C@@H]4CC[C@H]([C@H](C)/C=C/[C@@H](CC)C(C)C)[C@@]4(C)CC[C@@H]32)C1. The Labute approximate surface area is 305 Å². The number of unbranched alkanes of at least 4 members (excludes halogenated alkanes) is 11. The molecule has 2 heteroatoms. The highest BCUT2D eigenvalue weighted by Crippen LogP contribution is 2.67. The topological polar surface area (TPSA) is 26.3 Å². The van der Waals surface area contributed by atoms with Gasteiger partial charge in [-0.05, 0) is 136 Å². The van der Waals surface area contributed by atoms with Crippen molar-refractivity contribution in [2.24, 2.45) is 52.3 Å². The summed E-state index contributed by atoms with van der Waals surface area (Å²) in [6.45, 7) is 17.2. The summed E-state index contributed by atoms with van der Waals surface area (Å²) in [7, 11) is 0. The zero-order valence-corrected chi connectivity index (χ0v) is 33.6. The lowest BCUT2D eigenvalue weighted by Gasteiger charge is -2.58. The van der Waals surface area contributed by atoms with Crippen LogP contribution in [-0.2, 0) is 9.53 Å².